The van der Waals surface area contributed by atoms with Crippen LogP contribution in [0.25, 0.3) is 15.9 Å². The van der Waals surface area contributed by atoms with E-state index in [4.69, 9.17) is 0 Å². The molecule has 0 fully saturated rings. The van der Waals surface area contributed by atoms with Crippen LogP contribution in [-0.2, 0) is 12.6 Å². The van der Waals surface area contributed by atoms with E-state index < -0.39 is 11.7 Å². The Hall–Kier alpha value is -2.79. The second-order valence-electron chi connectivity index (χ2n) is 6.18. The predicted molar refractivity (Wildman–Crippen MR) is 106 cm³/mol. The Kier molecular flexibility index (Phi) is 4.87. The highest BCUT2D eigenvalue weighted by Crippen LogP contribution is 2.34. The van der Waals surface area contributed by atoms with Crippen molar-refractivity contribution in [3.8, 4) is 5.69 Å². The van der Waals surface area contributed by atoms with Gasteiger partial charge in [-0.25, -0.2) is 4.68 Å². The van der Waals surface area contributed by atoms with E-state index in [1.54, 1.807) is 19.1 Å². The van der Waals surface area contributed by atoms with Crippen molar-refractivity contribution in [2.24, 2.45) is 0 Å². The first-order chi connectivity index (χ1) is 13.8. The number of anilines is 1. The zero-order valence-electron chi connectivity index (χ0n) is 15.2. The van der Waals surface area contributed by atoms with Crippen LogP contribution in [0.1, 0.15) is 32.9 Å². The Labute approximate surface area is 171 Å². The van der Waals surface area contributed by atoms with Crippen LogP contribution in [0.2, 0.25) is 0 Å². The molecular formula is C18H14F3N5OS2. The molecule has 0 aliphatic rings. The normalized spacial score (nSPS) is 11.9. The average Bonchev–Trinajstić information content (AvgIpc) is 3.38. The van der Waals surface area contributed by atoms with Gasteiger partial charge in [-0.2, -0.15) is 18.3 Å². The molecule has 0 saturated carbocycles. The lowest BCUT2D eigenvalue weighted by atomic mass is 10.2. The Balaban J connectivity index is 1.69. The van der Waals surface area contributed by atoms with E-state index in [0.717, 1.165) is 34.9 Å². The predicted octanol–water partition coefficient (Wildman–Crippen LogP) is 5.08. The van der Waals surface area contributed by atoms with Gasteiger partial charge in [0.05, 0.1) is 21.8 Å². The highest BCUT2D eigenvalue weighted by Gasteiger charge is 2.31. The Morgan fingerprint density at radius 3 is 2.69 bits per heavy atom. The maximum atomic E-state index is 13.1. The molecule has 0 spiro atoms. The Morgan fingerprint density at radius 2 is 2.00 bits per heavy atom. The van der Waals surface area contributed by atoms with Gasteiger partial charge in [0.2, 0.25) is 5.13 Å². The molecule has 4 aromatic rings. The van der Waals surface area contributed by atoms with E-state index in [2.05, 4.69) is 20.6 Å². The van der Waals surface area contributed by atoms with Crippen LogP contribution in [0.5, 0.6) is 0 Å². The van der Waals surface area contributed by atoms with Crippen LogP contribution in [0.3, 0.4) is 0 Å². The number of rotatable bonds is 4. The highest BCUT2D eigenvalue weighted by molar-refractivity contribution is 7.20. The fourth-order valence-electron chi connectivity index (χ4n) is 2.75. The van der Waals surface area contributed by atoms with Gasteiger partial charge in [0, 0.05) is 5.39 Å². The van der Waals surface area contributed by atoms with Gasteiger partial charge in [-0.15, -0.1) is 21.5 Å². The SMILES string of the molecule is CCc1nnc(NC(=O)c2cc3c(C)nn(-c4cccc(C(F)(F)F)c4)c3s2)s1. The molecule has 0 aliphatic carbocycles. The number of amides is 1. The van der Waals surface area contributed by atoms with E-state index in [0.29, 0.717) is 25.9 Å². The minimum atomic E-state index is -4.45. The first-order valence-electron chi connectivity index (χ1n) is 8.56. The number of hydrogen-bond donors (Lipinski definition) is 1. The molecule has 3 heterocycles. The molecule has 11 heteroatoms. The van der Waals surface area contributed by atoms with Crippen LogP contribution in [0, 0.1) is 6.92 Å². The Morgan fingerprint density at radius 1 is 1.21 bits per heavy atom. The molecule has 1 N–H and O–H groups in total. The molecule has 0 atom stereocenters. The third-order valence-electron chi connectivity index (χ3n) is 4.18. The maximum absolute atomic E-state index is 13.1. The standard InChI is InChI=1S/C18H14F3N5OS2/c1-3-14-23-24-17(29-14)22-15(27)13-8-12-9(2)25-26(16(12)28-13)11-6-4-5-10(7-11)18(19,20)21/h4-8H,3H2,1-2H3,(H,22,24,27). The van der Waals surface area contributed by atoms with Crippen molar-refractivity contribution < 1.29 is 18.0 Å². The molecule has 0 radical (unpaired) electrons. The van der Waals surface area contributed by atoms with Gasteiger partial charge in [0.15, 0.2) is 0 Å². The minimum absolute atomic E-state index is 0.281. The lowest BCUT2D eigenvalue weighted by Gasteiger charge is -2.09. The molecular weight excluding hydrogens is 423 g/mol. The van der Waals surface area contributed by atoms with Gasteiger partial charge in [-0.05, 0) is 37.6 Å². The fourth-order valence-corrected chi connectivity index (χ4v) is 4.51. The summed E-state index contributed by atoms with van der Waals surface area (Å²) in [7, 11) is 0. The van der Waals surface area contributed by atoms with Gasteiger partial charge < -0.3 is 0 Å². The lowest BCUT2D eigenvalue weighted by molar-refractivity contribution is -0.137. The molecule has 0 aliphatic heterocycles. The van der Waals surface area contributed by atoms with Crippen molar-refractivity contribution >= 4 is 43.9 Å². The average molecular weight is 437 g/mol. The summed E-state index contributed by atoms with van der Waals surface area (Å²) >= 11 is 2.45. The first kappa shape index (κ1) is 19.5. The number of hydrogen-bond acceptors (Lipinski definition) is 6. The molecule has 1 aromatic carbocycles. The number of carbonyl (C=O) groups excluding carboxylic acids is 1. The van der Waals surface area contributed by atoms with Crippen LogP contribution >= 0.6 is 22.7 Å². The molecule has 29 heavy (non-hydrogen) atoms. The quantitative estimate of drug-likeness (QED) is 0.483. The summed E-state index contributed by atoms with van der Waals surface area (Å²) in [6.45, 7) is 3.69. The van der Waals surface area contributed by atoms with Crippen molar-refractivity contribution in [2.75, 3.05) is 5.32 Å². The number of alkyl halides is 3. The largest absolute Gasteiger partial charge is 0.416 e. The maximum Gasteiger partial charge on any atom is 0.416 e. The zero-order chi connectivity index (χ0) is 20.8. The number of aromatic nitrogens is 4. The van der Waals surface area contributed by atoms with Crippen molar-refractivity contribution in [3.05, 3.63) is 51.5 Å². The summed E-state index contributed by atoms with van der Waals surface area (Å²) < 4.78 is 40.6. The molecule has 0 unspecified atom stereocenters. The van der Waals surface area contributed by atoms with E-state index >= 15 is 0 Å². The topological polar surface area (TPSA) is 72.7 Å². The molecule has 6 nitrogen and oxygen atoms in total. The number of thiophene rings is 1. The van der Waals surface area contributed by atoms with E-state index in [1.165, 1.54) is 22.1 Å². The second-order valence-corrected chi connectivity index (χ2v) is 8.28. The summed E-state index contributed by atoms with van der Waals surface area (Å²) in [5.41, 5.74) is 0.147. The summed E-state index contributed by atoms with van der Waals surface area (Å²) in [6.07, 6.45) is -3.72. The van der Waals surface area contributed by atoms with Gasteiger partial charge in [-0.1, -0.05) is 24.3 Å². The first-order valence-corrected chi connectivity index (χ1v) is 10.2. The molecule has 1 amide bonds. The van der Waals surface area contributed by atoms with Gasteiger partial charge in [0.1, 0.15) is 9.84 Å². The second kappa shape index (κ2) is 7.23. The number of nitrogens with zero attached hydrogens (tertiary/aromatic N) is 4. The number of fused-ring (bicyclic) bond motifs is 1. The van der Waals surface area contributed by atoms with Crippen LogP contribution < -0.4 is 5.32 Å². The van der Waals surface area contributed by atoms with E-state index in [1.807, 2.05) is 6.92 Å². The molecule has 0 saturated heterocycles. The number of halogens is 3. The van der Waals surface area contributed by atoms with Gasteiger partial charge >= 0.3 is 6.18 Å². The summed E-state index contributed by atoms with van der Waals surface area (Å²) in [4.78, 5) is 13.6. The zero-order valence-corrected chi connectivity index (χ0v) is 16.9. The molecule has 3 aromatic heterocycles. The third-order valence-corrected chi connectivity index (χ3v) is 6.27. The van der Waals surface area contributed by atoms with Crippen LogP contribution in [0.4, 0.5) is 18.3 Å². The van der Waals surface area contributed by atoms with Crippen molar-refractivity contribution in [2.45, 2.75) is 26.4 Å². The molecule has 0 bridgehead atoms. The smallest absolute Gasteiger partial charge is 0.296 e. The molecule has 150 valence electrons. The lowest BCUT2D eigenvalue weighted by Crippen LogP contribution is -2.09. The van der Waals surface area contributed by atoms with Crippen LogP contribution in [-0.4, -0.2) is 25.9 Å². The van der Waals surface area contributed by atoms with Crippen molar-refractivity contribution in [3.63, 3.8) is 0 Å². The van der Waals surface area contributed by atoms with E-state index in [9.17, 15) is 18.0 Å². The fraction of sp³-hybridized carbons (Fsp3) is 0.222. The summed E-state index contributed by atoms with van der Waals surface area (Å²) in [6, 6.07) is 6.62. The van der Waals surface area contributed by atoms with Gasteiger partial charge in [0.25, 0.3) is 5.91 Å². The van der Waals surface area contributed by atoms with Gasteiger partial charge in [-0.3, -0.25) is 10.1 Å². The number of benzene rings is 1. The molecule has 4 rings (SSSR count). The Bertz CT molecular complexity index is 1210. The summed E-state index contributed by atoms with van der Waals surface area (Å²) in [5.74, 6) is -0.347. The number of aryl methyl sites for hydroxylation is 2. The summed E-state index contributed by atoms with van der Waals surface area (Å²) in [5, 5.41) is 16.9. The van der Waals surface area contributed by atoms with Crippen molar-refractivity contribution in [1.29, 1.82) is 0 Å². The third kappa shape index (κ3) is 3.75. The number of nitrogens with one attached hydrogen (secondary N) is 1. The van der Waals surface area contributed by atoms with Crippen molar-refractivity contribution in [1.82, 2.24) is 20.0 Å². The van der Waals surface area contributed by atoms with E-state index in [-0.39, 0.29) is 11.6 Å². The van der Waals surface area contributed by atoms with Crippen LogP contribution in [0.15, 0.2) is 30.3 Å². The minimum Gasteiger partial charge on any atom is -0.296 e. The monoisotopic (exact) mass is 437 g/mol. The highest BCUT2D eigenvalue weighted by atomic mass is 32.1. The number of carbonyl (C=O) groups is 1.